The van der Waals surface area contributed by atoms with Gasteiger partial charge in [0.15, 0.2) is 0 Å². The molecular formula is C25H28N2O5. The van der Waals surface area contributed by atoms with Crippen molar-refractivity contribution < 1.29 is 23.9 Å². The lowest BCUT2D eigenvalue weighted by Gasteiger charge is -2.34. The second kappa shape index (κ2) is 9.96. The van der Waals surface area contributed by atoms with E-state index in [0.29, 0.717) is 17.7 Å². The van der Waals surface area contributed by atoms with Crippen molar-refractivity contribution in [3.05, 3.63) is 71.3 Å². The number of nitrogens with zero attached hydrogens (tertiary/aromatic N) is 2. The van der Waals surface area contributed by atoms with Crippen molar-refractivity contribution in [1.29, 1.82) is 0 Å². The van der Waals surface area contributed by atoms with Crippen molar-refractivity contribution in [2.75, 3.05) is 20.2 Å². The molecule has 0 radical (unpaired) electrons. The third-order valence-electron chi connectivity index (χ3n) is 6.23. The van der Waals surface area contributed by atoms with Crippen LogP contribution in [0.1, 0.15) is 52.0 Å². The zero-order valence-electron chi connectivity index (χ0n) is 18.2. The van der Waals surface area contributed by atoms with Gasteiger partial charge in [-0.3, -0.25) is 14.5 Å². The minimum absolute atomic E-state index is 0.0650. The number of carbonyl (C=O) groups is 3. The van der Waals surface area contributed by atoms with Crippen LogP contribution in [0.3, 0.4) is 0 Å². The Morgan fingerprint density at radius 3 is 2.16 bits per heavy atom. The first-order valence-corrected chi connectivity index (χ1v) is 11.0. The highest BCUT2D eigenvalue weighted by Crippen LogP contribution is 2.26. The van der Waals surface area contributed by atoms with E-state index in [1.807, 2.05) is 30.3 Å². The maximum Gasteiger partial charge on any atom is 0.410 e. The van der Waals surface area contributed by atoms with E-state index in [4.69, 9.17) is 9.47 Å². The van der Waals surface area contributed by atoms with Gasteiger partial charge in [0.1, 0.15) is 6.61 Å². The van der Waals surface area contributed by atoms with Gasteiger partial charge < -0.3 is 14.4 Å². The Bertz CT molecular complexity index is 934. The van der Waals surface area contributed by atoms with Gasteiger partial charge >= 0.3 is 6.09 Å². The summed E-state index contributed by atoms with van der Waals surface area (Å²) in [6.45, 7) is 0.827. The Labute approximate surface area is 187 Å². The number of imide groups is 1. The Morgan fingerprint density at radius 2 is 1.53 bits per heavy atom. The molecule has 3 amide bonds. The standard InChI is InChI=1S/C25H28N2O5/c1-26(25(30)32-17-18-7-3-2-4-8-18)19-11-13-20(14-12-19)31-16-15-27-23(28)21-9-5-6-10-22(21)24(27)29/h2-10,19-20H,11-17H2,1H3. The molecule has 4 rings (SSSR count). The van der Waals surface area contributed by atoms with Gasteiger partial charge in [-0.25, -0.2) is 4.79 Å². The third-order valence-corrected chi connectivity index (χ3v) is 6.23. The molecular weight excluding hydrogens is 408 g/mol. The molecule has 32 heavy (non-hydrogen) atoms. The highest BCUT2D eigenvalue weighted by atomic mass is 16.6. The Kier molecular flexibility index (Phi) is 6.85. The number of hydrogen-bond donors (Lipinski definition) is 0. The topological polar surface area (TPSA) is 76.2 Å². The summed E-state index contributed by atoms with van der Waals surface area (Å²) in [6.07, 6.45) is 3.05. The van der Waals surface area contributed by atoms with E-state index < -0.39 is 0 Å². The van der Waals surface area contributed by atoms with Crippen LogP contribution in [0.25, 0.3) is 0 Å². The zero-order valence-corrected chi connectivity index (χ0v) is 18.2. The van der Waals surface area contributed by atoms with Crippen LogP contribution >= 0.6 is 0 Å². The van der Waals surface area contributed by atoms with Crippen molar-refractivity contribution in [2.45, 2.75) is 44.4 Å². The molecule has 0 aromatic heterocycles. The lowest BCUT2D eigenvalue weighted by Crippen LogP contribution is -2.41. The molecule has 0 atom stereocenters. The smallest absolute Gasteiger partial charge is 0.410 e. The number of benzene rings is 2. The molecule has 0 spiro atoms. The van der Waals surface area contributed by atoms with Crippen LogP contribution in [0.4, 0.5) is 4.79 Å². The minimum Gasteiger partial charge on any atom is -0.445 e. The quantitative estimate of drug-likeness (QED) is 0.616. The van der Waals surface area contributed by atoms with Crippen LogP contribution in [-0.4, -0.2) is 60.1 Å². The van der Waals surface area contributed by atoms with Crippen LogP contribution in [-0.2, 0) is 16.1 Å². The lowest BCUT2D eigenvalue weighted by atomic mass is 9.92. The first kappa shape index (κ1) is 22.0. The van der Waals surface area contributed by atoms with E-state index in [2.05, 4.69) is 0 Å². The maximum atomic E-state index is 12.4. The summed E-state index contributed by atoms with van der Waals surface area (Å²) in [5.74, 6) is -0.512. The number of amides is 3. The first-order chi connectivity index (χ1) is 15.5. The number of rotatable bonds is 7. The molecule has 1 fully saturated rings. The molecule has 1 aliphatic heterocycles. The summed E-state index contributed by atoms with van der Waals surface area (Å²) in [4.78, 5) is 40.1. The average Bonchev–Trinajstić information content (AvgIpc) is 3.08. The van der Waals surface area contributed by atoms with Gasteiger partial charge in [0.25, 0.3) is 11.8 Å². The van der Waals surface area contributed by atoms with Gasteiger partial charge in [-0.1, -0.05) is 42.5 Å². The van der Waals surface area contributed by atoms with Crippen molar-refractivity contribution >= 4 is 17.9 Å². The molecule has 2 aromatic carbocycles. The molecule has 0 N–H and O–H groups in total. The molecule has 7 nitrogen and oxygen atoms in total. The van der Waals surface area contributed by atoms with E-state index in [9.17, 15) is 14.4 Å². The van der Waals surface area contributed by atoms with Crippen LogP contribution in [0, 0.1) is 0 Å². The fourth-order valence-electron chi connectivity index (χ4n) is 4.32. The maximum absolute atomic E-state index is 12.4. The summed E-state index contributed by atoms with van der Waals surface area (Å²) in [5, 5.41) is 0. The number of carbonyl (C=O) groups excluding carboxylic acids is 3. The molecule has 2 aliphatic rings. The molecule has 0 saturated heterocycles. The largest absolute Gasteiger partial charge is 0.445 e. The summed E-state index contributed by atoms with van der Waals surface area (Å²) < 4.78 is 11.4. The lowest BCUT2D eigenvalue weighted by molar-refractivity contribution is 0.00198. The number of hydrogen-bond acceptors (Lipinski definition) is 5. The fraction of sp³-hybridized carbons (Fsp3) is 0.400. The van der Waals surface area contributed by atoms with Gasteiger partial charge in [0.2, 0.25) is 0 Å². The molecule has 168 valence electrons. The van der Waals surface area contributed by atoms with Gasteiger partial charge in [-0.05, 0) is 43.4 Å². The van der Waals surface area contributed by atoms with E-state index in [1.165, 1.54) is 4.90 Å². The van der Waals surface area contributed by atoms with Crippen LogP contribution in [0.2, 0.25) is 0 Å². The summed E-state index contributed by atoms with van der Waals surface area (Å²) in [7, 11) is 1.78. The van der Waals surface area contributed by atoms with Crippen molar-refractivity contribution in [1.82, 2.24) is 9.80 Å². The third kappa shape index (κ3) is 4.83. The minimum atomic E-state index is -0.316. The predicted octanol–water partition coefficient (Wildman–Crippen LogP) is 3.88. The molecule has 1 saturated carbocycles. The molecule has 1 heterocycles. The van der Waals surface area contributed by atoms with Gasteiger partial charge in [0.05, 0.1) is 30.4 Å². The zero-order chi connectivity index (χ0) is 22.5. The number of fused-ring (bicyclic) bond motifs is 1. The number of ether oxygens (including phenoxy) is 2. The van der Waals surface area contributed by atoms with Crippen LogP contribution < -0.4 is 0 Å². The van der Waals surface area contributed by atoms with E-state index >= 15 is 0 Å². The first-order valence-electron chi connectivity index (χ1n) is 11.0. The average molecular weight is 437 g/mol. The van der Waals surface area contributed by atoms with Crippen molar-refractivity contribution in [3.63, 3.8) is 0 Å². The van der Waals surface area contributed by atoms with E-state index in [1.54, 1.807) is 36.2 Å². The van der Waals surface area contributed by atoms with Crippen LogP contribution in [0.15, 0.2) is 54.6 Å². The Morgan fingerprint density at radius 1 is 0.938 bits per heavy atom. The molecule has 0 bridgehead atoms. The van der Waals surface area contributed by atoms with Gasteiger partial charge in [0, 0.05) is 13.1 Å². The molecule has 2 aromatic rings. The van der Waals surface area contributed by atoms with Gasteiger partial charge in [-0.15, -0.1) is 0 Å². The van der Waals surface area contributed by atoms with E-state index in [-0.39, 0.29) is 43.2 Å². The van der Waals surface area contributed by atoms with E-state index in [0.717, 1.165) is 31.2 Å². The monoisotopic (exact) mass is 436 g/mol. The normalized spacial score (nSPS) is 20.2. The molecule has 1 aliphatic carbocycles. The summed E-state index contributed by atoms with van der Waals surface area (Å²) in [6, 6.07) is 16.6. The summed E-state index contributed by atoms with van der Waals surface area (Å²) >= 11 is 0. The Balaban J connectivity index is 1.17. The SMILES string of the molecule is CN(C(=O)OCc1ccccc1)C1CCC(OCCN2C(=O)c3ccccc3C2=O)CC1. The summed E-state index contributed by atoms with van der Waals surface area (Å²) in [5.41, 5.74) is 1.88. The van der Waals surface area contributed by atoms with Crippen molar-refractivity contribution in [2.24, 2.45) is 0 Å². The second-order valence-electron chi connectivity index (χ2n) is 8.26. The molecule has 0 unspecified atom stereocenters. The van der Waals surface area contributed by atoms with Gasteiger partial charge in [-0.2, -0.15) is 0 Å². The van der Waals surface area contributed by atoms with Crippen molar-refractivity contribution in [3.8, 4) is 0 Å². The highest BCUT2D eigenvalue weighted by molar-refractivity contribution is 6.21. The highest BCUT2D eigenvalue weighted by Gasteiger charge is 2.35. The fourth-order valence-corrected chi connectivity index (χ4v) is 4.32. The second-order valence-corrected chi connectivity index (χ2v) is 8.26. The van der Waals surface area contributed by atoms with Crippen LogP contribution in [0.5, 0.6) is 0 Å². The predicted molar refractivity (Wildman–Crippen MR) is 118 cm³/mol. The molecule has 7 heteroatoms. The Hall–Kier alpha value is -3.19.